The van der Waals surface area contributed by atoms with E-state index in [9.17, 15) is 13.2 Å². The predicted molar refractivity (Wildman–Crippen MR) is 127 cm³/mol. The molecule has 1 heterocycles. The number of carbonyl (C=O) groups is 1. The molecule has 0 aliphatic carbocycles. The highest BCUT2D eigenvalue weighted by Gasteiger charge is 2.26. The monoisotopic (exact) mass is 458 g/mol. The minimum absolute atomic E-state index is 0.129. The molecule has 3 rings (SSSR count). The Bertz CT molecular complexity index is 1190. The van der Waals surface area contributed by atoms with Crippen LogP contribution < -0.4 is 15.4 Å². The lowest BCUT2D eigenvalue weighted by molar-refractivity contribution is -0.114. The number of anilines is 2. The van der Waals surface area contributed by atoms with Crippen molar-refractivity contribution >= 4 is 38.6 Å². The Balaban J connectivity index is 2.01. The van der Waals surface area contributed by atoms with Gasteiger partial charge in [0.15, 0.2) is 0 Å². The van der Waals surface area contributed by atoms with Crippen LogP contribution in [0.5, 0.6) is 0 Å². The number of nitrogens with zero attached hydrogens (tertiary/aromatic N) is 1. The fourth-order valence-corrected chi connectivity index (χ4v) is 5.67. The lowest BCUT2D eigenvalue weighted by atomic mass is 10.1. The number of sulfonamides is 1. The van der Waals surface area contributed by atoms with Crippen LogP contribution >= 0.6 is 11.3 Å². The van der Waals surface area contributed by atoms with E-state index in [0.717, 1.165) is 10.4 Å². The van der Waals surface area contributed by atoms with Gasteiger partial charge in [0, 0.05) is 42.6 Å². The molecule has 0 atom stereocenters. The molecule has 1 aromatic heterocycles. The third kappa shape index (κ3) is 5.69. The summed E-state index contributed by atoms with van der Waals surface area (Å²) in [6.45, 7) is 6.87. The average molecular weight is 459 g/mol. The molecule has 31 heavy (non-hydrogen) atoms. The van der Waals surface area contributed by atoms with Crippen LogP contribution in [0.3, 0.4) is 0 Å². The summed E-state index contributed by atoms with van der Waals surface area (Å²) in [4.78, 5) is 16.8. The number of carbonyl (C=O) groups excluding carboxylic acids is 1. The number of hydrogen-bond donors (Lipinski definition) is 3. The second kappa shape index (κ2) is 8.78. The Hall–Kier alpha value is -2.75. The Labute approximate surface area is 187 Å². The number of thiazole rings is 1. The highest BCUT2D eigenvalue weighted by atomic mass is 32.2. The minimum Gasteiger partial charge on any atom is -0.388 e. The van der Waals surface area contributed by atoms with Crippen LogP contribution in [0.1, 0.15) is 27.7 Å². The van der Waals surface area contributed by atoms with Gasteiger partial charge in [-0.1, -0.05) is 12.1 Å². The second-order valence-corrected chi connectivity index (χ2v) is 10.8. The summed E-state index contributed by atoms with van der Waals surface area (Å²) >= 11 is 1.41. The zero-order chi connectivity index (χ0) is 22.8. The van der Waals surface area contributed by atoms with Crippen molar-refractivity contribution in [3.05, 3.63) is 48.7 Å². The van der Waals surface area contributed by atoms with Gasteiger partial charge in [0.25, 0.3) is 0 Å². The molecule has 0 aliphatic heterocycles. The van der Waals surface area contributed by atoms with Crippen LogP contribution in [0, 0.1) is 0 Å². The van der Waals surface area contributed by atoms with E-state index in [2.05, 4.69) is 20.3 Å². The molecule has 2 aromatic carbocycles. The summed E-state index contributed by atoms with van der Waals surface area (Å²) in [5, 5.41) is 6.34. The zero-order valence-electron chi connectivity index (χ0n) is 18.1. The summed E-state index contributed by atoms with van der Waals surface area (Å²) in [5.74, 6) is -0.129. The first-order valence-electron chi connectivity index (χ1n) is 9.68. The first-order chi connectivity index (χ1) is 14.5. The van der Waals surface area contributed by atoms with Crippen LogP contribution in [-0.4, -0.2) is 31.9 Å². The average Bonchev–Trinajstić information content (AvgIpc) is 3.16. The Kier molecular flexibility index (Phi) is 6.49. The SMILES string of the molecule is CNc1ccc(-c2ncc(-c3ccc(NC(C)=O)cc3)s2)c(S(=O)(=O)NC(C)(C)C)c1. The molecular weight excluding hydrogens is 432 g/mol. The molecule has 0 unspecified atom stereocenters. The zero-order valence-corrected chi connectivity index (χ0v) is 19.7. The van der Waals surface area contributed by atoms with Crippen LogP contribution in [0.25, 0.3) is 21.0 Å². The Morgan fingerprint density at radius 1 is 1.03 bits per heavy atom. The topological polar surface area (TPSA) is 100 Å². The first kappa shape index (κ1) is 22.9. The fourth-order valence-electron chi connectivity index (χ4n) is 2.99. The van der Waals surface area contributed by atoms with Gasteiger partial charge < -0.3 is 10.6 Å². The number of aromatic nitrogens is 1. The van der Waals surface area contributed by atoms with Crippen LogP contribution in [0.2, 0.25) is 0 Å². The molecule has 0 saturated heterocycles. The normalized spacial score (nSPS) is 11.9. The molecule has 0 saturated carbocycles. The summed E-state index contributed by atoms with van der Waals surface area (Å²) in [6.07, 6.45) is 1.73. The molecule has 3 N–H and O–H groups in total. The number of amides is 1. The predicted octanol–water partition coefficient (Wildman–Crippen LogP) is 4.55. The maximum absolute atomic E-state index is 13.1. The molecule has 3 aromatic rings. The maximum Gasteiger partial charge on any atom is 0.241 e. The standard InChI is InChI=1S/C22H26N4O3S2/c1-14(27)25-16-8-6-15(7-9-16)19-13-24-21(30-19)18-11-10-17(23-5)12-20(18)31(28,29)26-22(2,3)4/h6-13,23,26H,1-5H3,(H,25,27). The minimum atomic E-state index is -3.77. The number of hydrogen-bond acceptors (Lipinski definition) is 6. The summed E-state index contributed by atoms with van der Waals surface area (Å²) in [5.41, 5.74) is 2.27. The Morgan fingerprint density at radius 3 is 2.26 bits per heavy atom. The van der Waals surface area contributed by atoms with Crippen LogP contribution in [-0.2, 0) is 14.8 Å². The number of nitrogens with one attached hydrogen (secondary N) is 3. The van der Waals surface area contributed by atoms with Crippen molar-refractivity contribution in [2.75, 3.05) is 17.7 Å². The van der Waals surface area contributed by atoms with Crippen LogP contribution in [0.15, 0.2) is 53.6 Å². The van der Waals surface area contributed by atoms with Crippen molar-refractivity contribution in [3.63, 3.8) is 0 Å². The second-order valence-electron chi connectivity index (χ2n) is 8.10. The molecule has 9 heteroatoms. The quantitative estimate of drug-likeness (QED) is 0.503. The fraction of sp³-hybridized carbons (Fsp3) is 0.273. The molecule has 1 amide bonds. The highest BCUT2D eigenvalue weighted by Crippen LogP contribution is 2.36. The van der Waals surface area contributed by atoms with E-state index < -0.39 is 15.6 Å². The van der Waals surface area contributed by atoms with Gasteiger partial charge in [-0.25, -0.2) is 18.1 Å². The summed E-state index contributed by atoms with van der Waals surface area (Å²) in [6, 6.07) is 12.6. The molecule has 0 fully saturated rings. The molecule has 0 bridgehead atoms. The van der Waals surface area contributed by atoms with Gasteiger partial charge in [0.2, 0.25) is 15.9 Å². The van der Waals surface area contributed by atoms with Crippen LogP contribution in [0.4, 0.5) is 11.4 Å². The van der Waals surface area contributed by atoms with Crippen molar-refractivity contribution in [1.82, 2.24) is 9.71 Å². The van der Waals surface area contributed by atoms with Crippen molar-refractivity contribution < 1.29 is 13.2 Å². The smallest absolute Gasteiger partial charge is 0.241 e. The molecule has 0 spiro atoms. The van der Waals surface area contributed by atoms with Crippen molar-refractivity contribution in [2.45, 2.75) is 38.1 Å². The largest absolute Gasteiger partial charge is 0.388 e. The number of rotatable bonds is 6. The van der Waals surface area contributed by atoms with Gasteiger partial charge in [-0.2, -0.15) is 0 Å². The van der Waals surface area contributed by atoms with Crippen molar-refractivity contribution in [2.24, 2.45) is 0 Å². The molecule has 164 valence electrons. The van der Waals surface area contributed by atoms with Gasteiger partial charge in [0.05, 0.1) is 9.77 Å². The summed E-state index contributed by atoms with van der Waals surface area (Å²) in [7, 11) is -2.02. The lowest BCUT2D eigenvalue weighted by Crippen LogP contribution is -2.40. The van der Waals surface area contributed by atoms with E-state index >= 15 is 0 Å². The highest BCUT2D eigenvalue weighted by molar-refractivity contribution is 7.89. The van der Waals surface area contributed by atoms with Crippen molar-refractivity contribution in [3.8, 4) is 21.0 Å². The maximum atomic E-state index is 13.1. The molecule has 0 radical (unpaired) electrons. The van der Waals surface area contributed by atoms with E-state index in [0.29, 0.717) is 21.9 Å². The number of benzene rings is 2. The Morgan fingerprint density at radius 2 is 1.68 bits per heavy atom. The van der Waals surface area contributed by atoms with Gasteiger partial charge in [-0.05, 0) is 56.7 Å². The van der Waals surface area contributed by atoms with E-state index in [4.69, 9.17) is 0 Å². The van der Waals surface area contributed by atoms with Gasteiger partial charge in [-0.3, -0.25) is 4.79 Å². The van der Waals surface area contributed by atoms with E-state index in [1.165, 1.54) is 18.3 Å². The van der Waals surface area contributed by atoms with Gasteiger partial charge in [0.1, 0.15) is 5.01 Å². The van der Waals surface area contributed by atoms with E-state index in [1.54, 1.807) is 46.1 Å². The molecular formula is C22H26N4O3S2. The van der Waals surface area contributed by atoms with E-state index in [1.807, 2.05) is 30.3 Å². The first-order valence-corrected chi connectivity index (χ1v) is 12.0. The third-order valence-corrected chi connectivity index (χ3v) is 7.10. The lowest BCUT2D eigenvalue weighted by Gasteiger charge is -2.21. The van der Waals surface area contributed by atoms with Gasteiger partial charge in [-0.15, -0.1) is 11.3 Å². The summed E-state index contributed by atoms with van der Waals surface area (Å²) < 4.78 is 29.0. The molecule has 0 aliphatic rings. The molecule has 7 nitrogen and oxygen atoms in total. The van der Waals surface area contributed by atoms with E-state index in [-0.39, 0.29) is 10.8 Å². The van der Waals surface area contributed by atoms with Crippen molar-refractivity contribution in [1.29, 1.82) is 0 Å². The van der Waals surface area contributed by atoms with Gasteiger partial charge >= 0.3 is 0 Å². The third-order valence-electron chi connectivity index (χ3n) is 4.23.